The van der Waals surface area contributed by atoms with Gasteiger partial charge in [-0.2, -0.15) is 5.26 Å². The van der Waals surface area contributed by atoms with Gasteiger partial charge in [-0.1, -0.05) is 0 Å². The van der Waals surface area contributed by atoms with Gasteiger partial charge >= 0.3 is 5.97 Å². The van der Waals surface area contributed by atoms with Crippen LogP contribution in [0.2, 0.25) is 0 Å². The second-order valence-corrected chi connectivity index (χ2v) is 4.41. The first-order valence-corrected chi connectivity index (χ1v) is 5.94. The number of amides is 1. The largest absolute Gasteiger partial charge is 0.467 e. The highest BCUT2D eigenvalue weighted by Gasteiger charge is 2.29. The van der Waals surface area contributed by atoms with Crippen molar-refractivity contribution >= 4 is 11.9 Å². The Labute approximate surface area is 106 Å². The molecule has 0 aromatic carbocycles. The molecular formula is C12H18N2O4. The van der Waals surface area contributed by atoms with E-state index in [4.69, 9.17) is 10.00 Å². The fourth-order valence-corrected chi connectivity index (χ4v) is 1.79. The van der Waals surface area contributed by atoms with Crippen molar-refractivity contribution in [3.05, 3.63) is 0 Å². The monoisotopic (exact) mass is 254 g/mol. The van der Waals surface area contributed by atoms with Crippen molar-refractivity contribution in [2.45, 2.75) is 25.8 Å². The summed E-state index contributed by atoms with van der Waals surface area (Å²) in [5.41, 5.74) is 0. The van der Waals surface area contributed by atoms with E-state index in [1.165, 1.54) is 7.11 Å². The van der Waals surface area contributed by atoms with Crippen molar-refractivity contribution in [1.82, 2.24) is 5.32 Å². The number of hydrogen-bond donors (Lipinski definition) is 1. The van der Waals surface area contributed by atoms with Crippen LogP contribution < -0.4 is 5.32 Å². The lowest BCUT2D eigenvalue weighted by Gasteiger charge is -2.19. The maximum atomic E-state index is 11.9. The van der Waals surface area contributed by atoms with E-state index in [0.29, 0.717) is 19.6 Å². The molecule has 3 atom stereocenters. The molecule has 0 spiro atoms. The number of carbonyl (C=O) groups excluding carboxylic acids is 2. The van der Waals surface area contributed by atoms with E-state index in [0.717, 1.165) is 0 Å². The van der Waals surface area contributed by atoms with Crippen molar-refractivity contribution in [2.24, 2.45) is 11.8 Å². The molecule has 0 aliphatic carbocycles. The zero-order valence-corrected chi connectivity index (χ0v) is 10.6. The van der Waals surface area contributed by atoms with Gasteiger partial charge in [0.05, 0.1) is 25.7 Å². The Bertz CT molecular complexity index is 344. The van der Waals surface area contributed by atoms with E-state index in [1.807, 2.05) is 6.07 Å². The van der Waals surface area contributed by atoms with Crippen LogP contribution >= 0.6 is 0 Å². The molecule has 0 saturated carbocycles. The van der Waals surface area contributed by atoms with Gasteiger partial charge in [0.25, 0.3) is 0 Å². The molecule has 1 N–H and O–H groups in total. The Hall–Kier alpha value is -1.61. The number of ether oxygens (including phenoxy) is 2. The average molecular weight is 254 g/mol. The van der Waals surface area contributed by atoms with Gasteiger partial charge in [-0.15, -0.1) is 0 Å². The zero-order valence-electron chi connectivity index (χ0n) is 10.6. The minimum absolute atomic E-state index is 0.213. The molecule has 1 saturated heterocycles. The third-order valence-corrected chi connectivity index (χ3v) is 2.91. The summed E-state index contributed by atoms with van der Waals surface area (Å²) in [6.45, 7) is 2.64. The van der Waals surface area contributed by atoms with Gasteiger partial charge < -0.3 is 14.8 Å². The van der Waals surface area contributed by atoms with Gasteiger partial charge in [0.15, 0.2) is 0 Å². The first-order valence-electron chi connectivity index (χ1n) is 5.94. The number of nitrogens with one attached hydrogen (secondary N) is 1. The molecule has 0 aromatic rings. The van der Waals surface area contributed by atoms with Crippen LogP contribution in [0.15, 0.2) is 0 Å². The normalized spacial score (nSPS) is 21.7. The lowest BCUT2D eigenvalue weighted by Crippen LogP contribution is -2.45. The maximum absolute atomic E-state index is 11.9. The third-order valence-electron chi connectivity index (χ3n) is 2.91. The fraction of sp³-hybridized carbons (Fsp3) is 0.750. The molecule has 100 valence electrons. The Morgan fingerprint density at radius 2 is 2.33 bits per heavy atom. The van der Waals surface area contributed by atoms with Gasteiger partial charge in [-0.05, 0) is 19.8 Å². The average Bonchev–Trinajstić information content (AvgIpc) is 2.90. The van der Waals surface area contributed by atoms with E-state index >= 15 is 0 Å². The Morgan fingerprint density at radius 3 is 2.83 bits per heavy atom. The molecule has 6 nitrogen and oxygen atoms in total. The Kier molecular flexibility index (Phi) is 5.59. The van der Waals surface area contributed by atoms with Crippen molar-refractivity contribution < 1.29 is 19.1 Å². The fourth-order valence-electron chi connectivity index (χ4n) is 1.79. The second-order valence-electron chi connectivity index (χ2n) is 4.41. The highest BCUT2D eigenvalue weighted by molar-refractivity contribution is 5.85. The van der Waals surface area contributed by atoms with Crippen LogP contribution in [0, 0.1) is 23.2 Å². The van der Waals surface area contributed by atoms with Gasteiger partial charge in [0.2, 0.25) is 5.91 Å². The van der Waals surface area contributed by atoms with Crippen LogP contribution in [0.3, 0.4) is 0 Å². The van der Waals surface area contributed by atoms with Crippen molar-refractivity contribution in [3.63, 3.8) is 0 Å². The number of carbonyl (C=O) groups is 2. The smallest absolute Gasteiger partial charge is 0.328 e. The van der Waals surface area contributed by atoms with E-state index < -0.39 is 12.0 Å². The first-order chi connectivity index (χ1) is 8.58. The number of esters is 1. The van der Waals surface area contributed by atoms with Gasteiger partial charge in [-0.25, -0.2) is 4.79 Å². The van der Waals surface area contributed by atoms with Crippen LogP contribution in [-0.4, -0.2) is 38.2 Å². The predicted molar refractivity (Wildman–Crippen MR) is 62.3 cm³/mol. The molecule has 1 heterocycles. The number of hydrogen-bond acceptors (Lipinski definition) is 5. The van der Waals surface area contributed by atoms with Gasteiger partial charge in [0.1, 0.15) is 6.04 Å². The van der Waals surface area contributed by atoms with Crippen LogP contribution in [0.5, 0.6) is 0 Å². The molecule has 0 radical (unpaired) electrons. The van der Waals surface area contributed by atoms with Gasteiger partial charge in [0, 0.05) is 12.5 Å². The van der Waals surface area contributed by atoms with Crippen molar-refractivity contribution in [3.8, 4) is 6.07 Å². The van der Waals surface area contributed by atoms with Crippen LogP contribution in [0.4, 0.5) is 0 Å². The van der Waals surface area contributed by atoms with E-state index in [2.05, 4.69) is 10.1 Å². The number of methoxy groups -OCH3 is 1. The highest BCUT2D eigenvalue weighted by Crippen LogP contribution is 2.14. The van der Waals surface area contributed by atoms with Crippen LogP contribution in [-0.2, 0) is 19.1 Å². The van der Waals surface area contributed by atoms with E-state index in [9.17, 15) is 9.59 Å². The number of rotatable bonds is 5. The molecule has 1 fully saturated rings. The van der Waals surface area contributed by atoms with Crippen molar-refractivity contribution in [2.75, 3.05) is 20.3 Å². The molecule has 0 unspecified atom stereocenters. The lowest BCUT2D eigenvalue weighted by molar-refractivity contribution is -0.146. The lowest BCUT2D eigenvalue weighted by atomic mass is 10.0. The summed E-state index contributed by atoms with van der Waals surface area (Å²) < 4.78 is 9.75. The standard InChI is InChI=1S/C12H18N2O4/c1-8(6-13)5-10(12(16)17-2)14-11(15)9-3-4-18-7-9/h8-10H,3-5,7H2,1-2H3,(H,14,15)/t8-,9-,10-/m1/s1. The zero-order chi connectivity index (χ0) is 13.5. The molecule has 1 aliphatic heterocycles. The predicted octanol–water partition coefficient (Wildman–Crippen LogP) is 0.230. The van der Waals surface area contributed by atoms with E-state index in [-0.39, 0.29) is 24.2 Å². The summed E-state index contributed by atoms with van der Waals surface area (Å²) in [6.07, 6.45) is 0.913. The quantitative estimate of drug-likeness (QED) is 0.709. The topological polar surface area (TPSA) is 88.4 Å². The molecule has 0 bridgehead atoms. The SMILES string of the molecule is COC(=O)[C@@H](C[C@@H](C)C#N)NC(=O)[C@@H]1CCOC1. The summed E-state index contributed by atoms with van der Waals surface area (Å²) >= 11 is 0. The molecule has 1 rings (SSSR count). The molecular weight excluding hydrogens is 236 g/mol. The second kappa shape index (κ2) is 6.97. The first kappa shape index (κ1) is 14.5. The Morgan fingerprint density at radius 1 is 1.61 bits per heavy atom. The summed E-state index contributed by atoms with van der Waals surface area (Å²) in [5, 5.41) is 11.4. The molecule has 1 aliphatic rings. The van der Waals surface area contributed by atoms with Crippen molar-refractivity contribution in [1.29, 1.82) is 5.26 Å². The summed E-state index contributed by atoms with van der Waals surface area (Å²) in [5.74, 6) is -1.28. The molecule has 0 aromatic heterocycles. The van der Waals surface area contributed by atoms with Crippen LogP contribution in [0.25, 0.3) is 0 Å². The summed E-state index contributed by atoms with van der Waals surface area (Å²) in [7, 11) is 1.26. The van der Waals surface area contributed by atoms with Gasteiger partial charge in [-0.3, -0.25) is 4.79 Å². The number of nitriles is 1. The van der Waals surface area contributed by atoms with E-state index in [1.54, 1.807) is 6.92 Å². The highest BCUT2D eigenvalue weighted by atomic mass is 16.5. The molecule has 6 heteroatoms. The third kappa shape index (κ3) is 4.00. The number of nitrogens with zero attached hydrogens (tertiary/aromatic N) is 1. The minimum Gasteiger partial charge on any atom is -0.467 e. The van der Waals surface area contributed by atoms with Crippen LogP contribution in [0.1, 0.15) is 19.8 Å². The summed E-state index contributed by atoms with van der Waals surface area (Å²) in [6, 6.07) is 1.27. The summed E-state index contributed by atoms with van der Waals surface area (Å²) in [4.78, 5) is 23.4. The molecule has 18 heavy (non-hydrogen) atoms. The Balaban J connectivity index is 2.57. The molecule has 1 amide bonds. The maximum Gasteiger partial charge on any atom is 0.328 e. The minimum atomic E-state index is -0.766.